The molecule has 3 heteroatoms. The minimum Gasteiger partial charge on any atom is -0.378 e. The molecule has 1 fully saturated rings. The number of nitrogens with one attached hydrogen (secondary N) is 1. The number of pyridine rings is 1. The van der Waals surface area contributed by atoms with Crippen molar-refractivity contribution in [3.63, 3.8) is 0 Å². The zero-order valence-electron chi connectivity index (χ0n) is 12.4. The summed E-state index contributed by atoms with van der Waals surface area (Å²) < 4.78 is 5.72. The molecule has 2 rings (SSSR count). The van der Waals surface area contributed by atoms with Crippen LogP contribution in [0.4, 0.5) is 5.82 Å². The summed E-state index contributed by atoms with van der Waals surface area (Å²) >= 11 is 0. The Balaban J connectivity index is 1.76. The Morgan fingerprint density at radius 1 is 1.32 bits per heavy atom. The summed E-state index contributed by atoms with van der Waals surface area (Å²) in [6, 6.07) is 4.23. The van der Waals surface area contributed by atoms with Gasteiger partial charge in [-0.3, -0.25) is 0 Å². The normalized spacial score (nSPS) is 20.3. The van der Waals surface area contributed by atoms with Crippen LogP contribution < -0.4 is 5.32 Å². The highest BCUT2D eigenvalue weighted by atomic mass is 16.5. The summed E-state index contributed by atoms with van der Waals surface area (Å²) in [5.74, 6) is 0.962. The molecule has 0 saturated carbocycles. The molecule has 0 aromatic carbocycles. The molecule has 1 aromatic rings. The van der Waals surface area contributed by atoms with E-state index in [9.17, 15) is 0 Å². The van der Waals surface area contributed by atoms with Crippen molar-refractivity contribution in [2.75, 3.05) is 18.5 Å². The van der Waals surface area contributed by atoms with Gasteiger partial charge in [-0.2, -0.15) is 0 Å². The topological polar surface area (TPSA) is 34.1 Å². The van der Waals surface area contributed by atoms with E-state index in [1.54, 1.807) is 0 Å². The maximum Gasteiger partial charge on any atom is 0.125 e. The molecule has 0 bridgehead atoms. The van der Waals surface area contributed by atoms with Crippen molar-refractivity contribution in [1.29, 1.82) is 0 Å². The Bertz CT molecular complexity index is 375. The van der Waals surface area contributed by atoms with Gasteiger partial charge in [0.05, 0.1) is 6.10 Å². The van der Waals surface area contributed by atoms with Crippen molar-refractivity contribution >= 4 is 5.82 Å². The van der Waals surface area contributed by atoms with E-state index in [1.165, 1.54) is 24.8 Å². The highest BCUT2D eigenvalue weighted by Crippen LogP contribution is 2.22. The average molecular weight is 262 g/mol. The predicted octanol–water partition coefficient (Wildman–Crippen LogP) is 3.75. The fraction of sp³-hybridized carbons (Fsp3) is 0.688. The van der Waals surface area contributed by atoms with Gasteiger partial charge in [0.2, 0.25) is 0 Å². The number of nitrogens with zero attached hydrogens (tertiary/aromatic N) is 1. The third-order valence-corrected chi connectivity index (χ3v) is 3.68. The first-order valence-electron chi connectivity index (χ1n) is 7.38. The van der Waals surface area contributed by atoms with E-state index in [4.69, 9.17) is 4.74 Å². The third kappa shape index (κ3) is 4.50. The number of aromatic nitrogens is 1. The second kappa shape index (κ2) is 6.38. The molecule has 106 valence electrons. The molecule has 1 saturated heterocycles. The molecule has 0 aliphatic carbocycles. The first-order valence-corrected chi connectivity index (χ1v) is 7.38. The lowest BCUT2D eigenvalue weighted by Gasteiger charge is -2.22. The van der Waals surface area contributed by atoms with Crippen molar-refractivity contribution in [1.82, 2.24) is 4.98 Å². The second-order valence-corrected chi connectivity index (χ2v) is 6.39. The van der Waals surface area contributed by atoms with Gasteiger partial charge in [-0.1, -0.05) is 26.8 Å². The molecule has 0 spiro atoms. The highest BCUT2D eigenvalue weighted by molar-refractivity contribution is 5.36. The Morgan fingerprint density at radius 3 is 2.74 bits per heavy atom. The third-order valence-electron chi connectivity index (χ3n) is 3.68. The van der Waals surface area contributed by atoms with Crippen LogP contribution in [0, 0.1) is 0 Å². The minimum atomic E-state index is 0.168. The summed E-state index contributed by atoms with van der Waals surface area (Å²) in [6.45, 7) is 8.49. The lowest BCUT2D eigenvalue weighted by atomic mass is 9.88. The van der Waals surface area contributed by atoms with Gasteiger partial charge in [-0.25, -0.2) is 4.98 Å². The smallest absolute Gasteiger partial charge is 0.125 e. The number of rotatable bonds is 4. The van der Waals surface area contributed by atoms with Crippen LogP contribution in [-0.4, -0.2) is 24.2 Å². The van der Waals surface area contributed by atoms with Crippen molar-refractivity contribution in [2.24, 2.45) is 0 Å². The van der Waals surface area contributed by atoms with E-state index in [0.717, 1.165) is 25.4 Å². The number of hydrogen-bond donors (Lipinski definition) is 1. The van der Waals surface area contributed by atoms with E-state index in [1.807, 2.05) is 6.20 Å². The summed E-state index contributed by atoms with van der Waals surface area (Å²) in [5.41, 5.74) is 1.44. The first-order chi connectivity index (χ1) is 9.05. The molecule has 0 radical (unpaired) electrons. The number of hydrogen-bond acceptors (Lipinski definition) is 3. The lowest BCUT2D eigenvalue weighted by molar-refractivity contribution is 0.0134. The standard InChI is InChI=1S/C16H26N2O/c1-16(2,3)13-7-8-15(18-12-13)17-10-9-14-6-4-5-11-19-14/h7-8,12,14H,4-6,9-11H2,1-3H3,(H,17,18). The zero-order valence-corrected chi connectivity index (χ0v) is 12.4. The molecule has 1 N–H and O–H groups in total. The molecule has 2 heterocycles. The van der Waals surface area contributed by atoms with E-state index in [0.29, 0.717) is 6.10 Å². The van der Waals surface area contributed by atoms with Crippen LogP contribution in [0.25, 0.3) is 0 Å². The number of ether oxygens (including phenoxy) is 1. The van der Waals surface area contributed by atoms with Gasteiger partial charge >= 0.3 is 0 Å². The molecule has 0 amide bonds. The molecule has 1 aromatic heterocycles. The highest BCUT2D eigenvalue weighted by Gasteiger charge is 2.14. The van der Waals surface area contributed by atoms with Crippen molar-refractivity contribution in [2.45, 2.75) is 58.0 Å². The second-order valence-electron chi connectivity index (χ2n) is 6.39. The lowest BCUT2D eigenvalue weighted by Crippen LogP contribution is -2.22. The van der Waals surface area contributed by atoms with Gasteiger partial charge < -0.3 is 10.1 Å². The molecular formula is C16H26N2O. The Labute approximate surface area is 116 Å². The van der Waals surface area contributed by atoms with Gasteiger partial charge in [0.25, 0.3) is 0 Å². The maximum absolute atomic E-state index is 5.72. The van der Waals surface area contributed by atoms with Crippen LogP contribution in [-0.2, 0) is 10.2 Å². The van der Waals surface area contributed by atoms with E-state index >= 15 is 0 Å². The van der Waals surface area contributed by atoms with Crippen LogP contribution in [0.5, 0.6) is 0 Å². The first kappa shape index (κ1) is 14.3. The van der Waals surface area contributed by atoms with Gasteiger partial charge in [0.1, 0.15) is 5.82 Å². The minimum absolute atomic E-state index is 0.168. The van der Waals surface area contributed by atoms with Gasteiger partial charge in [0, 0.05) is 19.3 Å². The van der Waals surface area contributed by atoms with E-state index < -0.39 is 0 Å². The molecule has 1 unspecified atom stereocenters. The predicted molar refractivity (Wildman–Crippen MR) is 79.6 cm³/mol. The molecular weight excluding hydrogens is 236 g/mol. The fourth-order valence-electron chi connectivity index (χ4n) is 2.34. The summed E-state index contributed by atoms with van der Waals surface area (Å²) in [4.78, 5) is 4.48. The molecule has 1 atom stereocenters. The van der Waals surface area contributed by atoms with E-state index in [2.05, 4.69) is 43.2 Å². The monoisotopic (exact) mass is 262 g/mol. The summed E-state index contributed by atoms with van der Waals surface area (Å²) in [7, 11) is 0. The van der Waals surface area contributed by atoms with Crippen molar-refractivity contribution in [3.8, 4) is 0 Å². The fourth-order valence-corrected chi connectivity index (χ4v) is 2.34. The SMILES string of the molecule is CC(C)(C)c1ccc(NCCC2CCCCO2)nc1. The van der Waals surface area contributed by atoms with Crippen molar-refractivity contribution in [3.05, 3.63) is 23.9 Å². The summed E-state index contributed by atoms with van der Waals surface area (Å²) in [5, 5.41) is 3.38. The van der Waals surface area contributed by atoms with Gasteiger partial charge in [0.15, 0.2) is 0 Å². The number of anilines is 1. The molecule has 3 nitrogen and oxygen atoms in total. The largest absolute Gasteiger partial charge is 0.378 e. The summed E-state index contributed by atoms with van der Waals surface area (Å²) in [6.07, 6.45) is 7.22. The van der Waals surface area contributed by atoms with Gasteiger partial charge in [-0.05, 0) is 42.7 Å². The Kier molecular flexibility index (Phi) is 4.81. The molecule has 1 aliphatic rings. The van der Waals surface area contributed by atoms with Crippen LogP contribution in [0.2, 0.25) is 0 Å². The maximum atomic E-state index is 5.72. The molecule has 1 aliphatic heterocycles. The van der Waals surface area contributed by atoms with E-state index in [-0.39, 0.29) is 5.41 Å². The quantitative estimate of drug-likeness (QED) is 0.897. The van der Waals surface area contributed by atoms with Crippen LogP contribution >= 0.6 is 0 Å². The average Bonchev–Trinajstić information content (AvgIpc) is 2.39. The van der Waals surface area contributed by atoms with Crippen molar-refractivity contribution < 1.29 is 4.74 Å². The van der Waals surface area contributed by atoms with Crippen LogP contribution in [0.3, 0.4) is 0 Å². The van der Waals surface area contributed by atoms with Crippen LogP contribution in [0.1, 0.15) is 52.0 Å². The van der Waals surface area contributed by atoms with Gasteiger partial charge in [-0.15, -0.1) is 0 Å². The Morgan fingerprint density at radius 2 is 2.16 bits per heavy atom. The van der Waals surface area contributed by atoms with Crippen LogP contribution in [0.15, 0.2) is 18.3 Å². The Hall–Kier alpha value is -1.09. The zero-order chi connectivity index (χ0) is 13.7. The molecule has 19 heavy (non-hydrogen) atoms.